The van der Waals surface area contributed by atoms with Gasteiger partial charge in [0, 0.05) is 44.3 Å². The first kappa shape index (κ1) is 18.7. The third-order valence-electron chi connectivity index (χ3n) is 4.24. The van der Waals surface area contributed by atoms with Gasteiger partial charge in [-0.3, -0.25) is 0 Å². The van der Waals surface area contributed by atoms with Crippen LogP contribution in [0.15, 0.2) is 23.1 Å². The van der Waals surface area contributed by atoms with Crippen LogP contribution in [0.25, 0.3) is 0 Å². The van der Waals surface area contributed by atoms with Crippen LogP contribution >= 0.6 is 11.6 Å². The lowest BCUT2D eigenvalue weighted by Crippen LogP contribution is -2.46. The third-order valence-corrected chi connectivity index (χ3v) is 6.07. The molecule has 0 saturated carbocycles. The number of nitrogens with zero attached hydrogens (tertiary/aromatic N) is 2. The summed E-state index contributed by atoms with van der Waals surface area (Å²) in [4.78, 5) is 4.92. The van der Waals surface area contributed by atoms with Gasteiger partial charge in [-0.2, -0.15) is 0 Å². The maximum absolute atomic E-state index is 12.3. The Balaban J connectivity index is 1.87. The van der Waals surface area contributed by atoms with Gasteiger partial charge in [-0.1, -0.05) is 24.6 Å². The van der Waals surface area contributed by atoms with Gasteiger partial charge < -0.3 is 9.80 Å². The van der Waals surface area contributed by atoms with E-state index in [-0.39, 0.29) is 10.8 Å². The lowest BCUT2D eigenvalue weighted by atomic mass is 10.1. The molecule has 1 fully saturated rings. The summed E-state index contributed by atoms with van der Waals surface area (Å²) < 4.78 is 27.4. The molecule has 1 aromatic carbocycles. The Kier molecular flexibility index (Phi) is 6.45. The van der Waals surface area contributed by atoms with Gasteiger partial charge in [0.1, 0.15) is 0 Å². The molecule has 23 heavy (non-hydrogen) atoms. The summed E-state index contributed by atoms with van der Waals surface area (Å²) in [5, 5.41) is 0.471. The molecular weight excluding hydrogens is 334 g/mol. The Labute approximate surface area is 144 Å². The summed E-state index contributed by atoms with van der Waals surface area (Å²) in [6, 6.07) is 4.82. The number of sulfonamides is 1. The molecule has 1 N–H and O–H groups in total. The van der Waals surface area contributed by atoms with E-state index in [9.17, 15) is 8.42 Å². The molecule has 1 atom stereocenters. The molecule has 1 aromatic rings. The first-order valence-corrected chi connectivity index (χ1v) is 9.81. The number of aryl methyl sites for hydroxylation is 1. The molecule has 1 unspecified atom stereocenters. The van der Waals surface area contributed by atoms with E-state index in [1.54, 1.807) is 12.1 Å². The largest absolute Gasteiger partial charge is 0.304 e. The van der Waals surface area contributed by atoms with E-state index in [0.717, 1.165) is 38.3 Å². The highest BCUT2D eigenvalue weighted by Gasteiger charge is 2.19. The Morgan fingerprint density at radius 1 is 1.26 bits per heavy atom. The fourth-order valence-corrected chi connectivity index (χ4v) is 4.05. The predicted molar refractivity (Wildman–Crippen MR) is 94.5 cm³/mol. The van der Waals surface area contributed by atoms with Gasteiger partial charge >= 0.3 is 0 Å². The average molecular weight is 360 g/mol. The topological polar surface area (TPSA) is 52.7 Å². The number of nitrogens with one attached hydrogen (secondary N) is 1. The van der Waals surface area contributed by atoms with Gasteiger partial charge in [-0.05, 0) is 37.6 Å². The van der Waals surface area contributed by atoms with Crippen LogP contribution in [0, 0.1) is 12.8 Å². The van der Waals surface area contributed by atoms with Gasteiger partial charge in [0.2, 0.25) is 10.0 Å². The summed E-state index contributed by atoms with van der Waals surface area (Å²) in [6.45, 7) is 9.49. The van der Waals surface area contributed by atoms with Crippen LogP contribution in [0.5, 0.6) is 0 Å². The molecule has 2 rings (SSSR count). The van der Waals surface area contributed by atoms with E-state index in [2.05, 4.69) is 28.5 Å². The van der Waals surface area contributed by atoms with Gasteiger partial charge in [-0.15, -0.1) is 0 Å². The molecule has 0 aliphatic carbocycles. The second kappa shape index (κ2) is 7.94. The molecule has 130 valence electrons. The zero-order chi connectivity index (χ0) is 17.0. The van der Waals surface area contributed by atoms with Crippen molar-refractivity contribution in [1.82, 2.24) is 14.5 Å². The Morgan fingerprint density at radius 2 is 1.91 bits per heavy atom. The summed E-state index contributed by atoms with van der Waals surface area (Å²) in [5.41, 5.74) is 0.869. The summed E-state index contributed by atoms with van der Waals surface area (Å²) >= 11 is 6.02. The van der Waals surface area contributed by atoms with Gasteiger partial charge in [-0.25, -0.2) is 13.1 Å². The number of likely N-dealkylation sites (N-methyl/N-ethyl adjacent to an activating group) is 1. The van der Waals surface area contributed by atoms with Gasteiger partial charge in [0.05, 0.1) is 4.90 Å². The van der Waals surface area contributed by atoms with Crippen molar-refractivity contribution in [2.75, 3.05) is 46.3 Å². The van der Waals surface area contributed by atoms with Crippen LogP contribution in [0.3, 0.4) is 0 Å². The second-order valence-corrected chi connectivity index (χ2v) is 8.65. The number of rotatable bonds is 6. The summed E-state index contributed by atoms with van der Waals surface area (Å²) in [5.74, 6) is 0.258. The lowest BCUT2D eigenvalue weighted by molar-refractivity contribution is 0.139. The molecule has 7 heteroatoms. The van der Waals surface area contributed by atoms with Crippen molar-refractivity contribution < 1.29 is 8.42 Å². The van der Waals surface area contributed by atoms with Crippen LogP contribution in [0.2, 0.25) is 5.02 Å². The molecule has 0 aromatic heterocycles. The van der Waals surface area contributed by atoms with E-state index in [1.807, 2.05) is 6.92 Å². The predicted octanol–water partition coefficient (Wildman–Crippen LogP) is 1.81. The van der Waals surface area contributed by atoms with Crippen LogP contribution in [0.4, 0.5) is 0 Å². The third kappa shape index (κ3) is 5.43. The van der Waals surface area contributed by atoms with E-state index >= 15 is 0 Å². The number of benzene rings is 1. The number of halogens is 1. The lowest BCUT2D eigenvalue weighted by Gasteiger charge is -2.33. The maximum atomic E-state index is 12.3. The van der Waals surface area contributed by atoms with Crippen molar-refractivity contribution in [3.8, 4) is 0 Å². The molecule has 5 nitrogen and oxygen atoms in total. The van der Waals surface area contributed by atoms with Crippen molar-refractivity contribution in [2.24, 2.45) is 5.92 Å². The fourth-order valence-electron chi connectivity index (χ4n) is 2.61. The highest BCUT2D eigenvalue weighted by atomic mass is 35.5. The highest BCUT2D eigenvalue weighted by molar-refractivity contribution is 7.89. The molecule has 1 aliphatic heterocycles. The van der Waals surface area contributed by atoms with Crippen LogP contribution in [-0.2, 0) is 10.0 Å². The zero-order valence-corrected chi connectivity index (χ0v) is 15.6. The SMILES string of the molecule is Cc1ccc(S(=O)(=O)NCC(C)CN2CCN(C)CC2)cc1Cl. The number of hydrogen-bond acceptors (Lipinski definition) is 4. The molecule has 0 amide bonds. The molecule has 1 heterocycles. The monoisotopic (exact) mass is 359 g/mol. The van der Waals surface area contributed by atoms with Crippen molar-refractivity contribution in [3.63, 3.8) is 0 Å². The smallest absolute Gasteiger partial charge is 0.240 e. The van der Waals surface area contributed by atoms with Crippen molar-refractivity contribution in [1.29, 1.82) is 0 Å². The van der Waals surface area contributed by atoms with Crippen molar-refractivity contribution in [3.05, 3.63) is 28.8 Å². The first-order valence-electron chi connectivity index (χ1n) is 7.94. The fraction of sp³-hybridized carbons (Fsp3) is 0.625. The van der Waals surface area contributed by atoms with Crippen molar-refractivity contribution in [2.45, 2.75) is 18.7 Å². The first-order chi connectivity index (χ1) is 10.8. The van der Waals surface area contributed by atoms with Crippen molar-refractivity contribution >= 4 is 21.6 Å². The number of hydrogen-bond donors (Lipinski definition) is 1. The Morgan fingerprint density at radius 3 is 2.52 bits per heavy atom. The Bertz CT molecular complexity index is 628. The zero-order valence-electron chi connectivity index (χ0n) is 14.0. The summed E-state index contributed by atoms with van der Waals surface area (Å²) in [7, 11) is -1.38. The van der Waals surface area contributed by atoms with E-state index in [0.29, 0.717) is 11.6 Å². The minimum atomic E-state index is -3.51. The second-order valence-electron chi connectivity index (χ2n) is 6.47. The van der Waals surface area contributed by atoms with E-state index in [4.69, 9.17) is 11.6 Å². The Hall–Kier alpha value is -0.660. The molecule has 0 spiro atoms. The van der Waals surface area contributed by atoms with E-state index in [1.165, 1.54) is 6.07 Å². The van der Waals surface area contributed by atoms with Crippen LogP contribution in [0.1, 0.15) is 12.5 Å². The minimum Gasteiger partial charge on any atom is -0.304 e. The number of piperazine rings is 1. The van der Waals surface area contributed by atoms with Gasteiger partial charge in [0.25, 0.3) is 0 Å². The summed E-state index contributed by atoms with van der Waals surface area (Å²) in [6.07, 6.45) is 0. The van der Waals surface area contributed by atoms with Crippen LogP contribution < -0.4 is 4.72 Å². The molecular formula is C16H26ClN3O2S. The normalized spacial score (nSPS) is 19.0. The molecule has 0 radical (unpaired) electrons. The standard InChI is InChI=1S/C16H26ClN3O2S/c1-13(12-20-8-6-19(3)7-9-20)11-18-23(21,22)15-5-4-14(2)16(17)10-15/h4-5,10,13,18H,6-9,11-12H2,1-3H3. The minimum absolute atomic E-state index is 0.222. The average Bonchev–Trinajstić information content (AvgIpc) is 2.50. The molecule has 1 saturated heterocycles. The molecule has 0 bridgehead atoms. The quantitative estimate of drug-likeness (QED) is 0.841. The highest BCUT2D eigenvalue weighted by Crippen LogP contribution is 2.20. The molecule has 1 aliphatic rings. The van der Waals surface area contributed by atoms with Gasteiger partial charge in [0.15, 0.2) is 0 Å². The maximum Gasteiger partial charge on any atom is 0.240 e. The van der Waals surface area contributed by atoms with Crippen LogP contribution in [-0.4, -0.2) is 64.5 Å². The van der Waals surface area contributed by atoms with E-state index < -0.39 is 10.0 Å².